The lowest BCUT2D eigenvalue weighted by Gasteiger charge is -2.30. The van der Waals surface area contributed by atoms with E-state index in [-0.39, 0.29) is 10.8 Å². The molecule has 3 aliphatic rings. The van der Waals surface area contributed by atoms with Crippen LogP contribution in [0.2, 0.25) is 0 Å². The van der Waals surface area contributed by atoms with Crippen molar-refractivity contribution in [1.82, 2.24) is 0 Å². The smallest absolute Gasteiger partial charge is 0.0465 e. The van der Waals surface area contributed by atoms with Gasteiger partial charge in [-0.15, -0.1) is 0 Å². The molecule has 3 aliphatic carbocycles. The molecule has 0 amide bonds. The first-order chi connectivity index (χ1) is 23.8. The van der Waals surface area contributed by atoms with Crippen molar-refractivity contribution in [3.63, 3.8) is 0 Å². The zero-order valence-corrected chi connectivity index (χ0v) is 29.3. The fourth-order valence-corrected chi connectivity index (χ4v) is 9.66. The lowest BCUT2D eigenvalue weighted by molar-refractivity contribution is 0.443. The number of hydrogen-bond acceptors (Lipinski definition) is 1. The minimum atomic E-state index is -0.178. The van der Waals surface area contributed by atoms with Gasteiger partial charge in [-0.2, -0.15) is 0 Å². The molecular formula is C48H45N. The SMILES string of the molecule is CC1(C)c2ccccc2-c2cccc(-c3cccc4c3C(C)(C)c3cc(N(c5ccccc5)c5ccc(C6CCCCC6)cc5)ccc3-4)c21. The van der Waals surface area contributed by atoms with Crippen LogP contribution >= 0.6 is 0 Å². The maximum atomic E-state index is 2.47. The molecule has 0 N–H and O–H groups in total. The van der Waals surface area contributed by atoms with Crippen LogP contribution in [0.3, 0.4) is 0 Å². The van der Waals surface area contributed by atoms with Crippen LogP contribution in [0.1, 0.15) is 93.5 Å². The van der Waals surface area contributed by atoms with Crippen LogP contribution in [0.4, 0.5) is 17.1 Å². The third kappa shape index (κ3) is 4.66. The van der Waals surface area contributed by atoms with Crippen LogP contribution in [0, 0.1) is 0 Å². The van der Waals surface area contributed by atoms with Gasteiger partial charge in [0.15, 0.2) is 0 Å². The molecule has 9 rings (SSSR count). The highest BCUT2D eigenvalue weighted by molar-refractivity contribution is 5.94. The molecule has 6 aromatic carbocycles. The Morgan fingerprint density at radius 2 is 0.918 bits per heavy atom. The van der Waals surface area contributed by atoms with Crippen LogP contribution < -0.4 is 4.90 Å². The second-order valence-corrected chi connectivity index (χ2v) is 15.6. The molecular weight excluding hydrogens is 591 g/mol. The molecule has 0 atom stereocenters. The van der Waals surface area contributed by atoms with Crippen molar-refractivity contribution < 1.29 is 0 Å². The number of benzene rings is 6. The fraction of sp³-hybridized carbons (Fsp3) is 0.250. The Kier molecular flexibility index (Phi) is 6.99. The number of anilines is 3. The molecule has 0 radical (unpaired) electrons. The van der Waals surface area contributed by atoms with Crippen molar-refractivity contribution >= 4 is 17.1 Å². The minimum absolute atomic E-state index is 0.0727. The minimum Gasteiger partial charge on any atom is -0.310 e. The average Bonchev–Trinajstić information content (AvgIpc) is 3.52. The highest BCUT2D eigenvalue weighted by atomic mass is 15.1. The standard InChI is InChI=1S/C48H45N/c1-47(2)43-24-12-11-19-37(43)39-20-13-22-41(45(39)47)42-23-14-21-40-38-30-29-36(31-44(38)48(3,4)46(40)42)49(34-17-9-6-10-18-34)35-27-25-33(26-28-35)32-15-7-5-8-16-32/h6,9-14,17-32H,5,7-8,15-16H2,1-4H3. The van der Waals surface area contributed by atoms with Gasteiger partial charge in [0.2, 0.25) is 0 Å². The van der Waals surface area contributed by atoms with Gasteiger partial charge >= 0.3 is 0 Å². The lowest BCUT2D eigenvalue weighted by Crippen LogP contribution is -2.19. The third-order valence-corrected chi connectivity index (χ3v) is 12.0. The summed E-state index contributed by atoms with van der Waals surface area (Å²) in [6, 6.07) is 50.4. The van der Waals surface area contributed by atoms with E-state index >= 15 is 0 Å². The van der Waals surface area contributed by atoms with Gasteiger partial charge in [0.25, 0.3) is 0 Å². The highest BCUT2D eigenvalue weighted by Gasteiger charge is 2.41. The summed E-state index contributed by atoms with van der Waals surface area (Å²) in [5.41, 5.74) is 18.7. The monoisotopic (exact) mass is 635 g/mol. The predicted octanol–water partition coefficient (Wildman–Crippen LogP) is 13.5. The van der Waals surface area contributed by atoms with Crippen LogP contribution in [-0.2, 0) is 10.8 Å². The largest absolute Gasteiger partial charge is 0.310 e. The summed E-state index contributed by atoms with van der Waals surface area (Å²) in [6.45, 7) is 9.66. The zero-order valence-electron chi connectivity index (χ0n) is 29.3. The Bertz CT molecular complexity index is 2200. The molecule has 0 heterocycles. The Balaban J connectivity index is 1.15. The first-order valence-electron chi connectivity index (χ1n) is 18.3. The van der Waals surface area contributed by atoms with E-state index in [2.05, 4.69) is 166 Å². The summed E-state index contributed by atoms with van der Waals surface area (Å²) >= 11 is 0. The summed E-state index contributed by atoms with van der Waals surface area (Å²) in [5.74, 6) is 0.701. The maximum absolute atomic E-state index is 2.47. The molecule has 0 aromatic heterocycles. The zero-order chi connectivity index (χ0) is 33.3. The van der Waals surface area contributed by atoms with Gasteiger partial charge in [-0.3, -0.25) is 0 Å². The topological polar surface area (TPSA) is 3.24 Å². The van der Waals surface area contributed by atoms with Crippen molar-refractivity contribution in [2.24, 2.45) is 0 Å². The van der Waals surface area contributed by atoms with Gasteiger partial charge in [-0.1, -0.05) is 144 Å². The van der Waals surface area contributed by atoms with Crippen molar-refractivity contribution in [3.8, 4) is 33.4 Å². The summed E-state index contributed by atoms with van der Waals surface area (Å²) in [4.78, 5) is 2.44. The van der Waals surface area contributed by atoms with E-state index in [4.69, 9.17) is 0 Å². The van der Waals surface area contributed by atoms with Gasteiger partial charge in [0, 0.05) is 27.9 Å². The van der Waals surface area contributed by atoms with Gasteiger partial charge in [-0.25, -0.2) is 0 Å². The maximum Gasteiger partial charge on any atom is 0.0465 e. The van der Waals surface area contributed by atoms with E-state index < -0.39 is 0 Å². The van der Waals surface area contributed by atoms with Crippen molar-refractivity contribution in [3.05, 3.63) is 161 Å². The molecule has 1 saturated carbocycles. The quantitative estimate of drug-likeness (QED) is 0.182. The summed E-state index contributed by atoms with van der Waals surface area (Å²) in [6.07, 6.45) is 6.74. The molecule has 49 heavy (non-hydrogen) atoms. The normalized spacial score (nSPS) is 16.8. The Hall–Kier alpha value is -4.88. The first kappa shape index (κ1) is 30.2. The molecule has 0 saturated heterocycles. The second kappa shape index (κ2) is 11.3. The van der Waals surface area contributed by atoms with Crippen LogP contribution in [-0.4, -0.2) is 0 Å². The number of rotatable bonds is 5. The number of fused-ring (bicyclic) bond motifs is 6. The predicted molar refractivity (Wildman–Crippen MR) is 208 cm³/mol. The number of hydrogen-bond donors (Lipinski definition) is 0. The summed E-state index contributed by atoms with van der Waals surface area (Å²) in [5, 5.41) is 0. The average molecular weight is 636 g/mol. The Morgan fingerprint density at radius 1 is 0.429 bits per heavy atom. The van der Waals surface area contributed by atoms with E-state index in [0.29, 0.717) is 5.92 Å². The number of para-hydroxylation sites is 1. The molecule has 0 aliphatic heterocycles. The van der Waals surface area contributed by atoms with Crippen LogP contribution in [0.25, 0.3) is 33.4 Å². The van der Waals surface area contributed by atoms with Crippen molar-refractivity contribution in [1.29, 1.82) is 0 Å². The fourth-order valence-electron chi connectivity index (χ4n) is 9.66. The van der Waals surface area contributed by atoms with E-state index in [9.17, 15) is 0 Å². The third-order valence-electron chi connectivity index (χ3n) is 12.0. The van der Waals surface area contributed by atoms with Crippen LogP contribution in [0.5, 0.6) is 0 Å². The second-order valence-electron chi connectivity index (χ2n) is 15.6. The number of nitrogens with zero attached hydrogens (tertiary/aromatic N) is 1. The van der Waals surface area contributed by atoms with E-state index in [0.717, 1.165) is 0 Å². The van der Waals surface area contributed by atoms with Gasteiger partial charge in [0.1, 0.15) is 0 Å². The molecule has 1 nitrogen and oxygen atoms in total. The Morgan fingerprint density at radius 3 is 1.57 bits per heavy atom. The lowest BCUT2D eigenvalue weighted by atomic mass is 9.74. The first-order valence-corrected chi connectivity index (χ1v) is 18.3. The molecule has 1 heteroatoms. The molecule has 0 unspecified atom stereocenters. The van der Waals surface area contributed by atoms with Crippen LogP contribution in [0.15, 0.2) is 133 Å². The van der Waals surface area contributed by atoms with Gasteiger partial charge in [0.05, 0.1) is 0 Å². The molecule has 6 aromatic rings. The molecule has 1 fully saturated rings. The van der Waals surface area contributed by atoms with Crippen molar-refractivity contribution in [2.75, 3.05) is 4.90 Å². The highest BCUT2D eigenvalue weighted by Crippen LogP contribution is 2.57. The molecule has 0 spiro atoms. The summed E-state index contributed by atoms with van der Waals surface area (Å²) in [7, 11) is 0. The summed E-state index contributed by atoms with van der Waals surface area (Å²) < 4.78 is 0. The van der Waals surface area contributed by atoms with Gasteiger partial charge in [-0.05, 0) is 116 Å². The van der Waals surface area contributed by atoms with E-state index in [1.54, 1.807) is 0 Å². The van der Waals surface area contributed by atoms with E-state index in [1.807, 2.05) is 0 Å². The van der Waals surface area contributed by atoms with E-state index in [1.165, 1.54) is 110 Å². The molecule has 0 bridgehead atoms. The molecule has 242 valence electrons. The Labute approximate surface area is 292 Å². The van der Waals surface area contributed by atoms with Gasteiger partial charge < -0.3 is 4.90 Å². The van der Waals surface area contributed by atoms with Crippen molar-refractivity contribution in [2.45, 2.75) is 76.5 Å².